The molecule has 8 heteroatoms. The number of piperidine rings is 1. The SMILES string of the molecule is Cc1noc(C)c1S(=O)(=O)N1CCC(C(=O)NC2(C)CCC(C)CC2)CC1. The quantitative estimate of drug-likeness (QED) is 0.843. The molecule has 7 nitrogen and oxygen atoms in total. The van der Waals surface area contributed by atoms with Crippen LogP contribution in [0.25, 0.3) is 0 Å². The van der Waals surface area contributed by atoms with Gasteiger partial charge in [-0.05, 0) is 65.2 Å². The highest BCUT2D eigenvalue weighted by atomic mass is 32.2. The van der Waals surface area contributed by atoms with E-state index < -0.39 is 10.0 Å². The molecule has 3 rings (SSSR count). The first kappa shape index (κ1) is 20.3. The van der Waals surface area contributed by atoms with E-state index >= 15 is 0 Å². The van der Waals surface area contributed by atoms with Gasteiger partial charge in [0.15, 0.2) is 5.76 Å². The van der Waals surface area contributed by atoms with Gasteiger partial charge in [0, 0.05) is 24.5 Å². The molecule has 0 aromatic carbocycles. The summed E-state index contributed by atoms with van der Waals surface area (Å²) < 4.78 is 32.2. The number of sulfonamides is 1. The average molecular weight is 398 g/mol. The first-order valence-corrected chi connectivity index (χ1v) is 11.3. The number of nitrogens with one attached hydrogen (secondary N) is 1. The number of rotatable bonds is 4. The van der Waals surface area contributed by atoms with Crippen molar-refractivity contribution in [3.63, 3.8) is 0 Å². The van der Waals surface area contributed by atoms with Crippen molar-refractivity contribution in [2.75, 3.05) is 13.1 Å². The molecule has 1 aliphatic heterocycles. The summed E-state index contributed by atoms with van der Waals surface area (Å²) in [7, 11) is -3.63. The Balaban J connectivity index is 1.59. The molecular weight excluding hydrogens is 366 g/mol. The van der Waals surface area contributed by atoms with E-state index in [4.69, 9.17) is 4.52 Å². The standard InChI is InChI=1S/C19H31N3O4S/c1-13-5-9-19(4,10-6-13)20-18(23)16-7-11-22(12-8-16)27(24,25)17-14(2)21-26-15(17)3/h13,16H,5-12H2,1-4H3,(H,20,23). The Kier molecular flexibility index (Phi) is 5.68. The number of carbonyl (C=O) groups is 1. The molecular formula is C19H31N3O4S. The summed E-state index contributed by atoms with van der Waals surface area (Å²) in [5.74, 6) is 0.985. The minimum Gasteiger partial charge on any atom is -0.360 e. The van der Waals surface area contributed by atoms with Gasteiger partial charge in [0.2, 0.25) is 15.9 Å². The van der Waals surface area contributed by atoms with Crippen molar-refractivity contribution in [1.82, 2.24) is 14.8 Å². The molecule has 27 heavy (non-hydrogen) atoms. The number of aromatic nitrogens is 1. The van der Waals surface area contributed by atoms with E-state index in [9.17, 15) is 13.2 Å². The van der Waals surface area contributed by atoms with Gasteiger partial charge in [-0.2, -0.15) is 4.31 Å². The van der Waals surface area contributed by atoms with E-state index in [1.165, 1.54) is 4.31 Å². The number of hydrogen-bond donors (Lipinski definition) is 1. The van der Waals surface area contributed by atoms with Crippen LogP contribution in [0.1, 0.15) is 63.8 Å². The molecule has 0 radical (unpaired) electrons. The first-order chi connectivity index (χ1) is 12.6. The molecule has 152 valence electrons. The maximum absolute atomic E-state index is 12.9. The van der Waals surface area contributed by atoms with Crippen LogP contribution in [-0.4, -0.2) is 42.4 Å². The lowest BCUT2D eigenvalue weighted by atomic mass is 9.78. The molecule has 2 aliphatic rings. The van der Waals surface area contributed by atoms with Crippen LogP contribution in [0.5, 0.6) is 0 Å². The highest BCUT2D eigenvalue weighted by molar-refractivity contribution is 7.89. The second kappa shape index (κ2) is 7.54. The summed E-state index contributed by atoms with van der Waals surface area (Å²) in [6, 6.07) is 0. The van der Waals surface area contributed by atoms with Crippen molar-refractivity contribution < 1.29 is 17.7 Å². The molecule has 2 fully saturated rings. The van der Waals surface area contributed by atoms with Gasteiger partial charge in [-0.1, -0.05) is 12.1 Å². The molecule has 0 spiro atoms. The van der Waals surface area contributed by atoms with E-state index in [1.54, 1.807) is 13.8 Å². The highest BCUT2D eigenvalue weighted by Gasteiger charge is 2.37. The van der Waals surface area contributed by atoms with E-state index in [0.717, 1.165) is 31.6 Å². The van der Waals surface area contributed by atoms with Gasteiger partial charge in [0.25, 0.3) is 0 Å². The van der Waals surface area contributed by atoms with Crippen LogP contribution >= 0.6 is 0 Å². The molecule has 1 amide bonds. The maximum Gasteiger partial charge on any atom is 0.248 e. The number of aryl methyl sites for hydroxylation is 2. The maximum atomic E-state index is 12.9. The largest absolute Gasteiger partial charge is 0.360 e. The third kappa shape index (κ3) is 4.21. The fourth-order valence-electron chi connectivity index (χ4n) is 4.25. The second-order valence-electron chi connectivity index (χ2n) is 8.56. The van der Waals surface area contributed by atoms with Crippen LogP contribution in [-0.2, 0) is 14.8 Å². The van der Waals surface area contributed by atoms with Gasteiger partial charge >= 0.3 is 0 Å². The molecule has 0 atom stereocenters. The van der Waals surface area contributed by atoms with Crippen molar-refractivity contribution in [2.45, 2.75) is 76.7 Å². The molecule has 1 aliphatic carbocycles. The second-order valence-corrected chi connectivity index (χ2v) is 10.4. The minimum absolute atomic E-state index is 0.0708. The van der Waals surface area contributed by atoms with E-state index in [0.29, 0.717) is 37.4 Å². The molecule has 1 aromatic rings. The van der Waals surface area contributed by atoms with Crippen molar-refractivity contribution >= 4 is 15.9 Å². The summed E-state index contributed by atoms with van der Waals surface area (Å²) in [4.78, 5) is 12.9. The summed E-state index contributed by atoms with van der Waals surface area (Å²) in [5.41, 5.74) is 0.260. The Labute approximate surface area is 161 Å². The van der Waals surface area contributed by atoms with Gasteiger partial charge in [0.05, 0.1) is 0 Å². The normalized spacial score (nSPS) is 28.2. The molecule has 1 N–H and O–H groups in total. The van der Waals surface area contributed by atoms with Crippen LogP contribution in [0.3, 0.4) is 0 Å². The average Bonchev–Trinajstić information content (AvgIpc) is 2.97. The van der Waals surface area contributed by atoms with Crippen molar-refractivity contribution in [3.8, 4) is 0 Å². The van der Waals surface area contributed by atoms with Crippen molar-refractivity contribution in [2.24, 2.45) is 11.8 Å². The summed E-state index contributed by atoms with van der Waals surface area (Å²) in [6.07, 6.45) is 5.40. The van der Waals surface area contributed by atoms with Gasteiger partial charge in [-0.15, -0.1) is 0 Å². The van der Waals surface area contributed by atoms with Gasteiger partial charge < -0.3 is 9.84 Å². The number of nitrogens with zero attached hydrogens (tertiary/aromatic N) is 2. The van der Waals surface area contributed by atoms with Crippen molar-refractivity contribution in [1.29, 1.82) is 0 Å². The van der Waals surface area contributed by atoms with Crippen LogP contribution in [0.15, 0.2) is 9.42 Å². The molecule has 1 aromatic heterocycles. The Bertz CT molecular complexity index is 766. The lowest BCUT2D eigenvalue weighted by Gasteiger charge is -2.39. The topological polar surface area (TPSA) is 92.5 Å². The smallest absolute Gasteiger partial charge is 0.248 e. The Morgan fingerprint density at radius 3 is 2.30 bits per heavy atom. The fraction of sp³-hybridized carbons (Fsp3) is 0.789. The zero-order valence-corrected chi connectivity index (χ0v) is 17.6. The van der Waals surface area contributed by atoms with Gasteiger partial charge in [-0.3, -0.25) is 4.79 Å². The minimum atomic E-state index is -3.63. The molecule has 1 saturated carbocycles. The third-order valence-corrected chi connectivity index (χ3v) is 8.34. The molecule has 2 heterocycles. The zero-order valence-electron chi connectivity index (χ0n) is 16.7. The van der Waals surface area contributed by atoms with E-state index in [1.807, 2.05) is 0 Å². The number of carbonyl (C=O) groups excluding carboxylic acids is 1. The highest BCUT2D eigenvalue weighted by Crippen LogP contribution is 2.33. The fourth-order valence-corrected chi connectivity index (χ4v) is 6.01. The van der Waals surface area contributed by atoms with Crippen LogP contribution < -0.4 is 5.32 Å². The molecule has 0 unspecified atom stereocenters. The van der Waals surface area contributed by atoms with E-state index in [-0.39, 0.29) is 22.3 Å². The van der Waals surface area contributed by atoms with Gasteiger partial charge in [0.1, 0.15) is 10.6 Å². The number of hydrogen-bond acceptors (Lipinski definition) is 5. The number of amides is 1. The predicted octanol–water partition coefficient (Wildman–Crippen LogP) is 2.78. The Morgan fingerprint density at radius 2 is 1.78 bits per heavy atom. The first-order valence-electron chi connectivity index (χ1n) is 9.87. The lowest BCUT2D eigenvalue weighted by molar-refractivity contribution is -0.128. The zero-order chi connectivity index (χ0) is 19.8. The van der Waals surface area contributed by atoms with Crippen LogP contribution in [0.4, 0.5) is 0 Å². The molecule has 0 bridgehead atoms. The predicted molar refractivity (Wildman–Crippen MR) is 102 cm³/mol. The monoisotopic (exact) mass is 397 g/mol. The van der Waals surface area contributed by atoms with Gasteiger partial charge in [-0.25, -0.2) is 8.42 Å². The summed E-state index contributed by atoms with van der Waals surface area (Å²) in [5, 5.41) is 7.01. The van der Waals surface area contributed by atoms with Crippen LogP contribution in [0.2, 0.25) is 0 Å². The third-order valence-electron chi connectivity index (χ3n) is 6.19. The van der Waals surface area contributed by atoms with Crippen molar-refractivity contribution in [3.05, 3.63) is 11.5 Å². The lowest BCUT2D eigenvalue weighted by Crippen LogP contribution is -2.52. The Morgan fingerprint density at radius 1 is 1.19 bits per heavy atom. The molecule has 1 saturated heterocycles. The van der Waals surface area contributed by atoms with E-state index in [2.05, 4.69) is 24.3 Å². The Hall–Kier alpha value is -1.41. The van der Waals surface area contributed by atoms with Crippen LogP contribution in [0, 0.1) is 25.7 Å². The summed E-state index contributed by atoms with van der Waals surface area (Å²) >= 11 is 0. The summed E-state index contributed by atoms with van der Waals surface area (Å²) in [6.45, 7) is 8.33.